The van der Waals surface area contributed by atoms with Crippen molar-refractivity contribution in [1.29, 1.82) is 0 Å². The predicted octanol–water partition coefficient (Wildman–Crippen LogP) is 3.30. The van der Waals surface area contributed by atoms with E-state index in [1.807, 2.05) is 40.7 Å². The third-order valence-electron chi connectivity index (χ3n) is 4.88. The summed E-state index contributed by atoms with van der Waals surface area (Å²) in [7, 11) is 0. The molecular formula is C21H29N3O3S2. The fraction of sp³-hybridized carbons (Fsp3) is 0.571. The number of rotatable bonds is 8. The Morgan fingerprint density at radius 3 is 2.66 bits per heavy atom. The van der Waals surface area contributed by atoms with Crippen LogP contribution in [0, 0.1) is 0 Å². The Balaban J connectivity index is 1.61. The summed E-state index contributed by atoms with van der Waals surface area (Å²) in [6.45, 7) is 5.56. The normalized spacial score (nSPS) is 15.6. The molecule has 0 atom stereocenters. The highest BCUT2D eigenvalue weighted by atomic mass is 32.2. The third kappa shape index (κ3) is 6.42. The summed E-state index contributed by atoms with van der Waals surface area (Å²) in [5.74, 6) is 0.505. The first-order valence-corrected chi connectivity index (χ1v) is 12.3. The molecule has 6 nitrogen and oxygen atoms in total. The van der Waals surface area contributed by atoms with Crippen LogP contribution in [0.3, 0.4) is 0 Å². The van der Waals surface area contributed by atoms with Crippen LogP contribution in [-0.4, -0.2) is 59.1 Å². The minimum atomic E-state index is -0.199. The van der Waals surface area contributed by atoms with Crippen LogP contribution in [-0.2, 0) is 20.9 Å². The fourth-order valence-corrected chi connectivity index (χ4v) is 5.17. The Morgan fingerprint density at radius 1 is 1.14 bits per heavy atom. The summed E-state index contributed by atoms with van der Waals surface area (Å²) in [5, 5.41) is 0. The van der Waals surface area contributed by atoms with Gasteiger partial charge in [-0.1, -0.05) is 36.3 Å². The highest BCUT2D eigenvalue weighted by Crippen LogP contribution is 2.17. The number of hydrogen-bond donors (Lipinski definition) is 0. The van der Waals surface area contributed by atoms with Gasteiger partial charge in [0.15, 0.2) is 4.80 Å². The number of nitrogens with zero attached hydrogens (tertiary/aromatic N) is 3. The van der Waals surface area contributed by atoms with Crippen LogP contribution in [0.25, 0.3) is 10.2 Å². The summed E-state index contributed by atoms with van der Waals surface area (Å²) in [5.41, 5.74) is 1.06. The maximum absolute atomic E-state index is 12.4. The van der Waals surface area contributed by atoms with Crippen molar-refractivity contribution >= 4 is 45.1 Å². The van der Waals surface area contributed by atoms with E-state index in [0.717, 1.165) is 36.1 Å². The highest BCUT2D eigenvalue weighted by molar-refractivity contribution is 8.00. The van der Waals surface area contributed by atoms with Crippen LogP contribution in [0.2, 0.25) is 0 Å². The molecule has 2 amide bonds. The molecule has 1 aliphatic heterocycles. The SMILES string of the molecule is CCOCCn1c(=NC(=O)CSCC(=O)N2CCCCCC2)sc2ccccc21. The van der Waals surface area contributed by atoms with Crippen molar-refractivity contribution in [2.75, 3.05) is 37.8 Å². The van der Waals surface area contributed by atoms with E-state index in [-0.39, 0.29) is 17.6 Å². The number of ether oxygens (including phenoxy) is 1. The summed E-state index contributed by atoms with van der Waals surface area (Å²) in [4.78, 5) is 31.8. The second-order valence-electron chi connectivity index (χ2n) is 6.99. The fourth-order valence-electron chi connectivity index (χ4n) is 3.40. The molecule has 1 fully saturated rings. The van der Waals surface area contributed by atoms with Crippen LogP contribution >= 0.6 is 23.1 Å². The number of carbonyl (C=O) groups is 2. The Morgan fingerprint density at radius 2 is 1.90 bits per heavy atom. The molecule has 1 saturated heterocycles. The van der Waals surface area contributed by atoms with Crippen LogP contribution in [0.4, 0.5) is 0 Å². The summed E-state index contributed by atoms with van der Waals surface area (Å²) >= 11 is 2.87. The Labute approximate surface area is 180 Å². The quantitative estimate of drug-likeness (QED) is 0.597. The highest BCUT2D eigenvalue weighted by Gasteiger charge is 2.16. The maximum atomic E-state index is 12.4. The third-order valence-corrected chi connectivity index (χ3v) is 6.84. The summed E-state index contributed by atoms with van der Waals surface area (Å²) < 4.78 is 8.62. The van der Waals surface area contributed by atoms with Gasteiger partial charge < -0.3 is 14.2 Å². The zero-order valence-corrected chi connectivity index (χ0v) is 18.6. The minimum absolute atomic E-state index is 0.137. The first-order valence-electron chi connectivity index (χ1n) is 10.3. The zero-order valence-electron chi connectivity index (χ0n) is 17.0. The van der Waals surface area contributed by atoms with Crippen molar-refractivity contribution in [3.8, 4) is 0 Å². The molecule has 0 spiro atoms. The second kappa shape index (κ2) is 11.5. The van der Waals surface area contributed by atoms with E-state index < -0.39 is 0 Å². The van der Waals surface area contributed by atoms with E-state index in [0.29, 0.717) is 30.3 Å². The van der Waals surface area contributed by atoms with E-state index in [2.05, 4.69) is 4.99 Å². The van der Waals surface area contributed by atoms with Gasteiger partial charge in [0.25, 0.3) is 5.91 Å². The molecule has 2 aromatic rings. The first kappa shape index (κ1) is 22.1. The molecule has 8 heteroatoms. The van der Waals surface area contributed by atoms with Gasteiger partial charge in [0.2, 0.25) is 5.91 Å². The predicted molar refractivity (Wildman–Crippen MR) is 119 cm³/mol. The zero-order chi connectivity index (χ0) is 20.5. The van der Waals surface area contributed by atoms with Crippen LogP contribution in [0.5, 0.6) is 0 Å². The van der Waals surface area contributed by atoms with Gasteiger partial charge in [0.05, 0.1) is 28.3 Å². The average Bonchev–Trinajstić information content (AvgIpc) is 2.88. The number of amides is 2. The molecule has 1 aliphatic rings. The second-order valence-corrected chi connectivity index (χ2v) is 8.99. The van der Waals surface area contributed by atoms with Gasteiger partial charge in [-0.15, -0.1) is 11.8 Å². The molecule has 0 N–H and O–H groups in total. The average molecular weight is 436 g/mol. The topological polar surface area (TPSA) is 63.9 Å². The van der Waals surface area contributed by atoms with Crippen molar-refractivity contribution in [3.05, 3.63) is 29.1 Å². The van der Waals surface area contributed by atoms with Gasteiger partial charge in [0.1, 0.15) is 0 Å². The lowest BCUT2D eigenvalue weighted by Crippen LogP contribution is -2.33. The van der Waals surface area contributed by atoms with Crippen molar-refractivity contribution in [2.24, 2.45) is 4.99 Å². The van der Waals surface area contributed by atoms with E-state index in [4.69, 9.17) is 4.74 Å². The van der Waals surface area contributed by atoms with E-state index in [9.17, 15) is 9.59 Å². The smallest absolute Gasteiger partial charge is 0.258 e. The van der Waals surface area contributed by atoms with Crippen LogP contribution in [0.1, 0.15) is 32.6 Å². The number of hydrogen-bond acceptors (Lipinski definition) is 5. The maximum Gasteiger partial charge on any atom is 0.258 e. The van der Waals surface area contributed by atoms with Crippen molar-refractivity contribution < 1.29 is 14.3 Å². The lowest BCUT2D eigenvalue weighted by molar-refractivity contribution is -0.128. The van der Waals surface area contributed by atoms with E-state index in [1.165, 1.54) is 35.9 Å². The molecule has 3 rings (SSSR count). The first-order chi connectivity index (χ1) is 14.2. The summed E-state index contributed by atoms with van der Waals surface area (Å²) in [6.07, 6.45) is 4.57. The van der Waals surface area contributed by atoms with Crippen LogP contribution in [0.15, 0.2) is 29.3 Å². The van der Waals surface area contributed by atoms with Gasteiger partial charge in [-0.05, 0) is 31.9 Å². The number of para-hydroxylation sites is 1. The molecule has 0 bridgehead atoms. The van der Waals surface area contributed by atoms with E-state index >= 15 is 0 Å². The molecule has 1 aromatic heterocycles. The van der Waals surface area contributed by atoms with Gasteiger partial charge in [-0.3, -0.25) is 9.59 Å². The standard InChI is InChI=1S/C21H29N3O3S2/c1-2-27-14-13-24-17-9-5-6-10-18(17)29-21(24)22-19(25)15-28-16-20(26)23-11-7-3-4-8-12-23/h5-6,9-10H,2-4,7-8,11-16H2,1H3. The Bertz CT molecular complexity index is 883. The lowest BCUT2D eigenvalue weighted by atomic mass is 10.2. The lowest BCUT2D eigenvalue weighted by Gasteiger charge is -2.19. The molecule has 0 unspecified atom stereocenters. The van der Waals surface area contributed by atoms with Crippen molar-refractivity contribution in [3.63, 3.8) is 0 Å². The number of aromatic nitrogens is 1. The van der Waals surface area contributed by atoms with Gasteiger partial charge >= 0.3 is 0 Å². The van der Waals surface area contributed by atoms with Gasteiger partial charge in [-0.25, -0.2) is 0 Å². The Kier molecular flexibility index (Phi) is 8.76. The van der Waals surface area contributed by atoms with E-state index in [1.54, 1.807) is 0 Å². The number of thiazole rings is 1. The number of carbonyl (C=O) groups excluding carboxylic acids is 2. The molecule has 0 radical (unpaired) electrons. The molecular weight excluding hydrogens is 406 g/mol. The van der Waals surface area contributed by atoms with Crippen molar-refractivity contribution in [2.45, 2.75) is 39.2 Å². The number of fused-ring (bicyclic) bond motifs is 1. The number of thioether (sulfide) groups is 1. The largest absolute Gasteiger partial charge is 0.380 e. The monoisotopic (exact) mass is 435 g/mol. The molecule has 2 heterocycles. The molecule has 158 valence electrons. The molecule has 1 aromatic carbocycles. The van der Waals surface area contributed by atoms with Crippen molar-refractivity contribution in [1.82, 2.24) is 9.47 Å². The minimum Gasteiger partial charge on any atom is -0.380 e. The van der Waals surface area contributed by atoms with Gasteiger partial charge in [0, 0.05) is 26.2 Å². The molecule has 29 heavy (non-hydrogen) atoms. The number of benzene rings is 1. The molecule has 0 saturated carbocycles. The number of likely N-dealkylation sites (tertiary alicyclic amines) is 1. The molecule has 0 aliphatic carbocycles. The Hall–Kier alpha value is -1.64. The van der Waals surface area contributed by atoms with Crippen LogP contribution < -0.4 is 4.80 Å². The summed E-state index contributed by atoms with van der Waals surface area (Å²) in [6, 6.07) is 8.05. The van der Waals surface area contributed by atoms with Gasteiger partial charge in [-0.2, -0.15) is 4.99 Å².